The van der Waals surface area contributed by atoms with Gasteiger partial charge in [0.15, 0.2) is 0 Å². The molecule has 2 rings (SSSR count). The van der Waals surface area contributed by atoms with E-state index >= 15 is 0 Å². The summed E-state index contributed by atoms with van der Waals surface area (Å²) >= 11 is 8.72. The van der Waals surface area contributed by atoms with Crippen molar-refractivity contribution >= 4 is 43.2 Å². The first-order valence-corrected chi connectivity index (χ1v) is 7.69. The Hall–Kier alpha value is -0.230. The summed E-state index contributed by atoms with van der Waals surface area (Å²) in [6, 6.07) is 6.56. The highest BCUT2D eigenvalue weighted by Gasteiger charge is 2.09. The van der Waals surface area contributed by atoms with E-state index in [9.17, 15) is 0 Å². The second-order valence-corrected chi connectivity index (χ2v) is 6.48. The highest BCUT2D eigenvalue weighted by atomic mass is 79.9. The van der Waals surface area contributed by atoms with Crippen molar-refractivity contribution in [1.82, 2.24) is 10.3 Å². The molecule has 0 fully saturated rings. The van der Waals surface area contributed by atoms with Crippen molar-refractivity contribution in [3.05, 3.63) is 49.3 Å². The molecule has 0 bridgehead atoms. The van der Waals surface area contributed by atoms with E-state index in [1.165, 1.54) is 10.4 Å². The third-order valence-electron chi connectivity index (χ3n) is 2.49. The number of hydrogen-bond acceptors (Lipinski definition) is 3. The van der Waals surface area contributed by atoms with Crippen LogP contribution in [0.5, 0.6) is 0 Å². The van der Waals surface area contributed by atoms with Gasteiger partial charge < -0.3 is 5.32 Å². The average Bonchev–Trinajstić information content (AvgIpc) is 2.78. The van der Waals surface area contributed by atoms with Crippen LogP contribution in [0.15, 0.2) is 38.9 Å². The normalized spacial score (nSPS) is 12.6. The van der Waals surface area contributed by atoms with Crippen LogP contribution in [0, 0.1) is 0 Å². The van der Waals surface area contributed by atoms with Crippen LogP contribution in [0.2, 0.25) is 0 Å². The lowest BCUT2D eigenvalue weighted by atomic mass is 10.1. The van der Waals surface area contributed by atoms with Crippen molar-refractivity contribution in [2.45, 2.75) is 19.5 Å². The minimum absolute atomic E-state index is 0.305. The molecule has 0 aliphatic rings. The number of thiazole rings is 1. The first kappa shape index (κ1) is 13.2. The van der Waals surface area contributed by atoms with Gasteiger partial charge in [0.1, 0.15) is 0 Å². The molecule has 0 amide bonds. The van der Waals surface area contributed by atoms with Gasteiger partial charge in [-0.05, 0) is 24.6 Å². The molecule has 0 aliphatic heterocycles. The second-order valence-electron chi connectivity index (χ2n) is 3.74. The summed E-state index contributed by atoms with van der Waals surface area (Å²) in [7, 11) is 0. The summed E-state index contributed by atoms with van der Waals surface area (Å²) < 4.78 is 2.21. The van der Waals surface area contributed by atoms with E-state index in [2.05, 4.69) is 67.3 Å². The van der Waals surface area contributed by atoms with Crippen LogP contribution < -0.4 is 5.32 Å². The summed E-state index contributed by atoms with van der Waals surface area (Å²) in [5.74, 6) is 0. The zero-order valence-corrected chi connectivity index (χ0v) is 13.3. The van der Waals surface area contributed by atoms with Crippen molar-refractivity contribution in [2.75, 3.05) is 0 Å². The molecule has 17 heavy (non-hydrogen) atoms. The first-order chi connectivity index (χ1) is 8.16. The van der Waals surface area contributed by atoms with Gasteiger partial charge in [0.05, 0.1) is 5.51 Å². The molecule has 1 heterocycles. The summed E-state index contributed by atoms with van der Waals surface area (Å²) in [6.45, 7) is 3.02. The van der Waals surface area contributed by atoms with Crippen LogP contribution in [-0.4, -0.2) is 4.98 Å². The van der Waals surface area contributed by atoms with Gasteiger partial charge in [-0.25, -0.2) is 0 Å². The third kappa shape index (κ3) is 3.61. The Bertz CT molecular complexity index is 485. The SMILES string of the molecule is CC(NCc1cncs1)c1ccc(Br)cc1Br. The smallest absolute Gasteiger partial charge is 0.0794 e. The fourth-order valence-electron chi connectivity index (χ4n) is 1.55. The maximum atomic E-state index is 4.07. The number of benzene rings is 1. The zero-order chi connectivity index (χ0) is 12.3. The number of nitrogens with zero attached hydrogens (tertiary/aromatic N) is 1. The Morgan fingerprint density at radius 2 is 2.24 bits per heavy atom. The average molecular weight is 376 g/mol. The van der Waals surface area contributed by atoms with Crippen molar-refractivity contribution in [3.8, 4) is 0 Å². The van der Waals surface area contributed by atoms with Crippen LogP contribution in [0.4, 0.5) is 0 Å². The summed E-state index contributed by atoms with van der Waals surface area (Å²) in [5.41, 5.74) is 3.12. The second kappa shape index (κ2) is 6.09. The number of nitrogens with one attached hydrogen (secondary N) is 1. The van der Waals surface area contributed by atoms with Crippen molar-refractivity contribution < 1.29 is 0 Å². The Morgan fingerprint density at radius 1 is 1.41 bits per heavy atom. The van der Waals surface area contributed by atoms with Gasteiger partial charge in [0.2, 0.25) is 0 Å². The monoisotopic (exact) mass is 374 g/mol. The largest absolute Gasteiger partial charge is 0.305 e. The van der Waals surface area contributed by atoms with Crippen molar-refractivity contribution in [2.24, 2.45) is 0 Å². The van der Waals surface area contributed by atoms with Gasteiger partial charge in [0.25, 0.3) is 0 Å². The number of hydrogen-bond donors (Lipinski definition) is 1. The topological polar surface area (TPSA) is 24.9 Å². The maximum Gasteiger partial charge on any atom is 0.0794 e. The van der Waals surface area contributed by atoms with Crippen LogP contribution in [0.3, 0.4) is 0 Å². The molecule has 1 unspecified atom stereocenters. The summed E-state index contributed by atoms with van der Waals surface area (Å²) in [4.78, 5) is 5.32. The molecule has 2 aromatic rings. The number of aromatic nitrogens is 1. The van der Waals surface area contributed by atoms with E-state index < -0.39 is 0 Å². The number of halogens is 2. The van der Waals surface area contributed by atoms with Crippen LogP contribution >= 0.6 is 43.2 Å². The number of rotatable bonds is 4. The van der Waals surface area contributed by atoms with Crippen LogP contribution in [0.1, 0.15) is 23.4 Å². The van der Waals surface area contributed by atoms with Crippen molar-refractivity contribution in [3.63, 3.8) is 0 Å². The van der Waals surface area contributed by atoms with E-state index in [1.54, 1.807) is 11.3 Å². The molecular weight excluding hydrogens is 364 g/mol. The van der Waals surface area contributed by atoms with Gasteiger partial charge in [-0.15, -0.1) is 11.3 Å². The third-order valence-corrected chi connectivity index (χ3v) is 4.45. The molecule has 0 spiro atoms. The Morgan fingerprint density at radius 3 is 2.88 bits per heavy atom. The molecule has 1 aromatic heterocycles. The molecule has 0 aliphatic carbocycles. The highest BCUT2D eigenvalue weighted by molar-refractivity contribution is 9.11. The van der Waals surface area contributed by atoms with Gasteiger partial charge in [-0.2, -0.15) is 0 Å². The molecule has 1 atom stereocenters. The molecule has 0 saturated heterocycles. The Kier molecular flexibility index (Phi) is 4.73. The lowest BCUT2D eigenvalue weighted by molar-refractivity contribution is 0.576. The Labute approximate surface area is 122 Å². The molecule has 0 saturated carbocycles. The van der Waals surface area contributed by atoms with E-state index in [1.807, 2.05) is 11.7 Å². The first-order valence-electron chi connectivity index (χ1n) is 5.22. The van der Waals surface area contributed by atoms with Gasteiger partial charge in [-0.1, -0.05) is 37.9 Å². The standard InChI is InChI=1S/C12H12Br2N2S/c1-8(16-6-10-5-15-7-17-10)11-3-2-9(13)4-12(11)14/h2-5,7-8,16H,6H2,1H3. The Balaban J connectivity index is 2.01. The zero-order valence-electron chi connectivity index (χ0n) is 9.28. The fraction of sp³-hybridized carbons (Fsp3) is 0.250. The van der Waals surface area contributed by atoms with E-state index in [0.29, 0.717) is 6.04 Å². The molecular formula is C12H12Br2N2S. The highest BCUT2D eigenvalue weighted by Crippen LogP contribution is 2.27. The fourth-order valence-corrected chi connectivity index (χ4v) is 3.48. The lowest BCUT2D eigenvalue weighted by Gasteiger charge is -2.15. The summed E-state index contributed by atoms with van der Waals surface area (Å²) in [6.07, 6.45) is 1.90. The maximum absolute atomic E-state index is 4.07. The van der Waals surface area contributed by atoms with E-state index in [-0.39, 0.29) is 0 Å². The van der Waals surface area contributed by atoms with Crippen molar-refractivity contribution in [1.29, 1.82) is 0 Å². The predicted octanol–water partition coefficient (Wildman–Crippen LogP) is 4.52. The van der Waals surface area contributed by atoms with E-state index in [0.717, 1.165) is 15.5 Å². The van der Waals surface area contributed by atoms with E-state index in [4.69, 9.17) is 0 Å². The van der Waals surface area contributed by atoms with Crippen LogP contribution in [-0.2, 0) is 6.54 Å². The molecule has 1 N–H and O–H groups in total. The van der Waals surface area contributed by atoms with Gasteiger partial charge in [-0.3, -0.25) is 4.98 Å². The minimum atomic E-state index is 0.305. The van der Waals surface area contributed by atoms with Gasteiger partial charge in [0, 0.05) is 32.6 Å². The van der Waals surface area contributed by atoms with Crippen LogP contribution in [0.25, 0.3) is 0 Å². The summed E-state index contributed by atoms with van der Waals surface area (Å²) in [5, 5.41) is 3.49. The molecule has 2 nitrogen and oxygen atoms in total. The quantitative estimate of drug-likeness (QED) is 0.849. The molecule has 90 valence electrons. The molecule has 5 heteroatoms. The van der Waals surface area contributed by atoms with Gasteiger partial charge >= 0.3 is 0 Å². The minimum Gasteiger partial charge on any atom is -0.305 e. The lowest BCUT2D eigenvalue weighted by Crippen LogP contribution is -2.17. The molecule has 0 radical (unpaired) electrons. The molecule has 1 aromatic carbocycles. The predicted molar refractivity (Wildman–Crippen MR) is 79.2 cm³/mol.